The number of pyridine rings is 1. The molecule has 102 valence electrons. The number of nitrogens with one attached hydrogen (secondary N) is 1. The van der Waals surface area contributed by atoms with Crippen LogP contribution in [0.2, 0.25) is 0 Å². The van der Waals surface area contributed by atoms with Crippen molar-refractivity contribution in [3.8, 4) is 10.6 Å². The van der Waals surface area contributed by atoms with E-state index in [1.165, 1.54) is 0 Å². The first-order chi connectivity index (χ1) is 8.94. The molecule has 2 aromatic heterocycles. The van der Waals surface area contributed by atoms with Crippen LogP contribution in [0, 0.1) is 0 Å². The van der Waals surface area contributed by atoms with Crippen LogP contribution in [0.15, 0.2) is 22.9 Å². The van der Waals surface area contributed by atoms with Crippen LogP contribution >= 0.6 is 27.3 Å². The van der Waals surface area contributed by atoms with Crippen molar-refractivity contribution in [3.05, 3.63) is 27.9 Å². The molecule has 0 atom stereocenters. The molecule has 0 saturated heterocycles. The molecule has 0 saturated carbocycles. The van der Waals surface area contributed by atoms with Crippen LogP contribution in [-0.4, -0.2) is 27.3 Å². The van der Waals surface area contributed by atoms with Gasteiger partial charge in [-0.25, -0.2) is 0 Å². The highest BCUT2D eigenvalue weighted by Crippen LogP contribution is 2.25. The highest BCUT2D eigenvalue weighted by Gasteiger charge is 2.10. The second kappa shape index (κ2) is 6.07. The Morgan fingerprint density at radius 3 is 2.74 bits per heavy atom. The van der Waals surface area contributed by atoms with E-state index in [4.69, 9.17) is 0 Å². The van der Waals surface area contributed by atoms with Gasteiger partial charge in [0.15, 0.2) is 0 Å². The zero-order valence-electron chi connectivity index (χ0n) is 11.3. The molecule has 1 N–H and O–H groups in total. The lowest BCUT2D eigenvalue weighted by molar-refractivity contribution is 0.429. The van der Waals surface area contributed by atoms with Gasteiger partial charge in [-0.05, 0) is 42.8 Å². The average Bonchev–Trinajstić information content (AvgIpc) is 2.76. The summed E-state index contributed by atoms with van der Waals surface area (Å²) >= 11 is 5.04. The average molecular weight is 341 g/mol. The smallest absolute Gasteiger partial charge is 0.149 e. The molecule has 2 heterocycles. The molecule has 2 aromatic rings. The van der Waals surface area contributed by atoms with Gasteiger partial charge in [-0.1, -0.05) is 11.3 Å². The number of aromatic nitrogens is 3. The van der Waals surface area contributed by atoms with Gasteiger partial charge in [0.1, 0.15) is 10.0 Å². The minimum Gasteiger partial charge on any atom is -0.312 e. The predicted molar refractivity (Wildman–Crippen MR) is 82.3 cm³/mol. The van der Waals surface area contributed by atoms with Gasteiger partial charge in [0.05, 0.1) is 0 Å². The van der Waals surface area contributed by atoms with Crippen LogP contribution in [0.25, 0.3) is 10.6 Å². The maximum absolute atomic E-state index is 4.23. The summed E-state index contributed by atoms with van der Waals surface area (Å²) in [7, 11) is 0. The van der Waals surface area contributed by atoms with Gasteiger partial charge >= 0.3 is 0 Å². The van der Waals surface area contributed by atoms with Crippen LogP contribution in [-0.2, 0) is 6.42 Å². The molecule has 4 nitrogen and oxygen atoms in total. The standard InChI is InChI=1S/C13H17BrN4S/c1-13(2,3)16-5-4-11-17-18-12(19-11)9-6-10(14)8-15-7-9/h6-8,16H,4-5H2,1-3H3. The summed E-state index contributed by atoms with van der Waals surface area (Å²) in [5.74, 6) is 0. The third kappa shape index (κ3) is 4.63. The fraction of sp³-hybridized carbons (Fsp3) is 0.462. The Bertz CT molecular complexity index is 548. The Kier molecular flexibility index (Phi) is 4.65. The van der Waals surface area contributed by atoms with Gasteiger partial charge in [0.2, 0.25) is 0 Å². The maximum Gasteiger partial charge on any atom is 0.149 e. The van der Waals surface area contributed by atoms with Crippen molar-refractivity contribution in [2.75, 3.05) is 6.54 Å². The monoisotopic (exact) mass is 340 g/mol. The minimum absolute atomic E-state index is 0.141. The van der Waals surface area contributed by atoms with Crippen molar-refractivity contribution < 1.29 is 0 Å². The molecule has 0 aliphatic rings. The highest BCUT2D eigenvalue weighted by molar-refractivity contribution is 9.10. The van der Waals surface area contributed by atoms with Gasteiger partial charge in [0.25, 0.3) is 0 Å². The Morgan fingerprint density at radius 2 is 2.05 bits per heavy atom. The lowest BCUT2D eigenvalue weighted by atomic mass is 10.1. The fourth-order valence-electron chi connectivity index (χ4n) is 1.54. The number of hydrogen-bond acceptors (Lipinski definition) is 5. The molecule has 19 heavy (non-hydrogen) atoms. The second-order valence-corrected chi connectivity index (χ2v) is 7.30. The molecule has 0 spiro atoms. The summed E-state index contributed by atoms with van der Waals surface area (Å²) in [6, 6.07) is 2.00. The van der Waals surface area contributed by atoms with E-state index >= 15 is 0 Å². The van der Waals surface area contributed by atoms with Crippen molar-refractivity contribution in [2.24, 2.45) is 0 Å². The highest BCUT2D eigenvalue weighted by atomic mass is 79.9. The lowest BCUT2D eigenvalue weighted by Crippen LogP contribution is -2.37. The summed E-state index contributed by atoms with van der Waals surface area (Å²) in [5.41, 5.74) is 1.14. The first-order valence-electron chi connectivity index (χ1n) is 6.12. The summed E-state index contributed by atoms with van der Waals surface area (Å²) in [4.78, 5) is 4.14. The van der Waals surface area contributed by atoms with Crippen molar-refractivity contribution in [1.29, 1.82) is 0 Å². The second-order valence-electron chi connectivity index (χ2n) is 5.32. The number of nitrogens with zero attached hydrogens (tertiary/aromatic N) is 3. The van der Waals surface area contributed by atoms with E-state index in [1.807, 2.05) is 12.3 Å². The van der Waals surface area contributed by atoms with Gasteiger partial charge in [-0.3, -0.25) is 4.98 Å². The van der Waals surface area contributed by atoms with Crippen molar-refractivity contribution in [3.63, 3.8) is 0 Å². The molecule has 6 heteroatoms. The van der Waals surface area contributed by atoms with Crippen LogP contribution in [0.4, 0.5) is 0 Å². The largest absolute Gasteiger partial charge is 0.312 e. The van der Waals surface area contributed by atoms with E-state index in [0.29, 0.717) is 0 Å². The summed E-state index contributed by atoms with van der Waals surface area (Å²) in [5, 5.41) is 13.9. The van der Waals surface area contributed by atoms with Gasteiger partial charge in [-0.2, -0.15) is 0 Å². The third-order valence-corrected chi connectivity index (χ3v) is 3.88. The molecule has 0 unspecified atom stereocenters. The molecular formula is C13H17BrN4S. The lowest BCUT2D eigenvalue weighted by Gasteiger charge is -2.19. The number of hydrogen-bond donors (Lipinski definition) is 1. The molecular weight excluding hydrogens is 324 g/mol. The number of halogens is 1. The SMILES string of the molecule is CC(C)(C)NCCc1nnc(-c2cncc(Br)c2)s1. The van der Waals surface area contributed by atoms with Gasteiger partial charge < -0.3 is 5.32 Å². The molecule has 0 aliphatic heterocycles. The summed E-state index contributed by atoms with van der Waals surface area (Å²) in [6.45, 7) is 7.39. The van der Waals surface area contributed by atoms with Crippen LogP contribution in [0.3, 0.4) is 0 Å². The molecule has 0 fully saturated rings. The zero-order valence-corrected chi connectivity index (χ0v) is 13.7. The molecule has 0 aromatic carbocycles. The van der Waals surface area contributed by atoms with E-state index in [0.717, 1.165) is 33.0 Å². The molecule has 0 amide bonds. The van der Waals surface area contributed by atoms with Crippen LogP contribution in [0.1, 0.15) is 25.8 Å². The summed E-state index contributed by atoms with van der Waals surface area (Å²) in [6.07, 6.45) is 4.47. The Hall–Kier alpha value is -0.850. The van der Waals surface area contributed by atoms with E-state index in [2.05, 4.69) is 57.2 Å². The molecule has 2 rings (SSSR count). The number of rotatable bonds is 4. The van der Waals surface area contributed by atoms with Crippen molar-refractivity contribution >= 4 is 27.3 Å². The van der Waals surface area contributed by atoms with E-state index in [-0.39, 0.29) is 5.54 Å². The zero-order chi connectivity index (χ0) is 13.9. The Morgan fingerprint density at radius 1 is 1.26 bits per heavy atom. The third-order valence-electron chi connectivity index (χ3n) is 2.41. The maximum atomic E-state index is 4.23. The van der Waals surface area contributed by atoms with Gasteiger partial charge in [0, 0.05) is 40.9 Å². The Labute approximate surface area is 125 Å². The quantitative estimate of drug-likeness (QED) is 0.927. The molecule has 0 bridgehead atoms. The van der Waals surface area contributed by atoms with Crippen LogP contribution < -0.4 is 5.32 Å². The first kappa shape index (κ1) is 14.6. The Balaban J connectivity index is 1.99. The summed E-state index contributed by atoms with van der Waals surface area (Å²) < 4.78 is 0.955. The van der Waals surface area contributed by atoms with E-state index < -0.39 is 0 Å². The molecule has 0 aliphatic carbocycles. The first-order valence-corrected chi connectivity index (χ1v) is 7.73. The van der Waals surface area contributed by atoms with E-state index in [9.17, 15) is 0 Å². The van der Waals surface area contributed by atoms with Crippen molar-refractivity contribution in [2.45, 2.75) is 32.7 Å². The predicted octanol–water partition coefficient (Wildman–Crippen LogP) is 3.29. The van der Waals surface area contributed by atoms with E-state index in [1.54, 1.807) is 17.5 Å². The van der Waals surface area contributed by atoms with Crippen molar-refractivity contribution in [1.82, 2.24) is 20.5 Å². The molecule has 0 radical (unpaired) electrons. The van der Waals surface area contributed by atoms with Gasteiger partial charge in [-0.15, -0.1) is 10.2 Å². The fourth-order valence-corrected chi connectivity index (χ4v) is 2.73. The normalized spacial score (nSPS) is 11.8. The minimum atomic E-state index is 0.141. The topological polar surface area (TPSA) is 50.7 Å². The van der Waals surface area contributed by atoms with Crippen LogP contribution in [0.5, 0.6) is 0 Å².